The second kappa shape index (κ2) is 5.24. The molecule has 0 saturated heterocycles. The van der Waals surface area contributed by atoms with Crippen molar-refractivity contribution in [3.63, 3.8) is 0 Å². The lowest BCUT2D eigenvalue weighted by Crippen LogP contribution is -2.05. The van der Waals surface area contributed by atoms with Crippen LogP contribution < -0.4 is 4.74 Å². The number of rotatable bonds is 3. The molecule has 0 atom stereocenters. The van der Waals surface area contributed by atoms with Gasteiger partial charge in [-0.05, 0) is 11.5 Å². The van der Waals surface area contributed by atoms with E-state index in [4.69, 9.17) is 4.74 Å². The van der Waals surface area contributed by atoms with E-state index in [1.165, 1.54) is 0 Å². The zero-order valence-electron chi connectivity index (χ0n) is 10.2. The minimum absolute atomic E-state index is 0.404. The maximum Gasteiger partial charge on any atom is 0.336 e. The number of ether oxygens (including phenoxy) is 1. The molecule has 0 aromatic heterocycles. The van der Waals surface area contributed by atoms with Crippen LogP contribution in [0.2, 0.25) is 0 Å². The van der Waals surface area contributed by atoms with Crippen molar-refractivity contribution in [1.82, 2.24) is 0 Å². The van der Waals surface area contributed by atoms with Crippen LogP contribution >= 0.6 is 0 Å². The summed E-state index contributed by atoms with van der Waals surface area (Å²) >= 11 is 0. The molecule has 19 heavy (non-hydrogen) atoms. The number of sulfone groups is 1. The lowest BCUT2D eigenvalue weighted by molar-refractivity contribution is -0.128. The van der Waals surface area contributed by atoms with Crippen molar-refractivity contribution in [2.45, 2.75) is 0 Å². The molecule has 2 aromatic rings. The van der Waals surface area contributed by atoms with Gasteiger partial charge in [0, 0.05) is 23.1 Å². The summed E-state index contributed by atoms with van der Waals surface area (Å²) in [6, 6.07) is 12.8. The number of carbonyl (C=O) groups is 1. The number of hydrogen-bond acceptors (Lipinski definition) is 4. The van der Waals surface area contributed by atoms with Crippen LogP contribution in [0, 0.1) is 0 Å². The van der Waals surface area contributed by atoms with E-state index < -0.39 is 15.8 Å². The lowest BCUT2D eigenvalue weighted by Gasteiger charge is -2.05. The van der Waals surface area contributed by atoms with E-state index in [9.17, 15) is 13.2 Å². The Balaban J connectivity index is 2.27. The van der Waals surface area contributed by atoms with Crippen LogP contribution in [0.4, 0.5) is 0 Å². The number of esters is 1. The largest absolute Gasteiger partial charge is 0.423 e. The van der Waals surface area contributed by atoms with Crippen molar-refractivity contribution >= 4 is 26.6 Å². The first-order valence-electron chi connectivity index (χ1n) is 5.53. The average Bonchev–Trinajstić information content (AvgIpc) is 2.36. The zero-order valence-corrected chi connectivity index (χ0v) is 11.1. The molecule has 0 aliphatic heterocycles. The Labute approximate surface area is 111 Å². The van der Waals surface area contributed by atoms with Crippen molar-refractivity contribution in [3.05, 3.63) is 53.9 Å². The molecular formula is C14H12O4S. The normalized spacial score (nSPS) is 11.8. The number of carbonyl (C=O) groups excluding carboxylic acids is 1. The van der Waals surface area contributed by atoms with E-state index in [1.807, 2.05) is 30.3 Å². The third-order valence-electron chi connectivity index (χ3n) is 2.41. The predicted octanol–water partition coefficient (Wildman–Crippen LogP) is 2.30. The molecule has 2 rings (SSSR count). The fourth-order valence-corrected chi connectivity index (χ4v) is 1.96. The molecule has 0 radical (unpaired) electrons. The first kappa shape index (κ1) is 13.3. The van der Waals surface area contributed by atoms with Crippen molar-refractivity contribution in [2.24, 2.45) is 0 Å². The first-order chi connectivity index (χ1) is 8.96. The molecule has 0 bridgehead atoms. The summed E-state index contributed by atoms with van der Waals surface area (Å²) in [5.41, 5.74) is 0. The van der Waals surface area contributed by atoms with Crippen LogP contribution in [0.25, 0.3) is 10.8 Å². The van der Waals surface area contributed by atoms with Gasteiger partial charge in [0.1, 0.15) is 5.75 Å². The van der Waals surface area contributed by atoms with Crippen molar-refractivity contribution in [3.8, 4) is 5.75 Å². The Bertz CT molecular complexity index is 740. The highest BCUT2D eigenvalue weighted by molar-refractivity contribution is 7.93. The van der Waals surface area contributed by atoms with Gasteiger partial charge < -0.3 is 4.74 Å². The monoisotopic (exact) mass is 276 g/mol. The van der Waals surface area contributed by atoms with Gasteiger partial charge in [-0.15, -0.1) is 0 Å². The van der Waals surface area contributed by atoms with E-state index in [0.29, 0.717) is 5.75 Å². The summed E-state index contributed by atoms with van der Waals surface area (Å²) < 4.78 is 26.9. The number of hydrogen-bond donors (Lipinski definition) is 0. The summed E-state index contributed by atoms with van der Waals surface area (Å²) in [7, 11) is -3.34. The molecule has 2 aromatic carbocycles. The maximum absolute atomic E-state index is 11.5. The van der Waals surface area contributed by atoms with E-state index in [2.05, 4.69) is 0 Å². The van der Waals surface area contributed by atoms with Crippen molar-refractivity contribution < 1.29 is 17.9 Å². The third-order valence-corrected chi connectivity index (χ3v) is 3.04. The maximum atomic E-state index is 11.5. The summed E-state index contributed by atoms with van der Waals surface area (Å²) in [4.78, 5) is 11.5. The van der Waals surface area contributed by atoms with Gasteiger partial charge in [-0.25, -0.2) is 13.2 Å². The van der Waals surface area contributed by atoms with E-state index in [1.54, 1.807) is 12.1 Å². The molecule has 4 nitrogen and oxygen atoms in total. The van der Waals surface area contributed by atoms with Gasteiger partial charge in [-0.2, -0.15) is 0 Å². The molecule has 0 heterocycles. The van der Waals surface area contributed by atoms with E-state index >= 15 is 0 Å². The molecule has 0 spiro atoms. The molecule has 0 unspecified atom stereocenters. The standard InChI is InChI=1S/C14H12O4S/c1-19(16,17)10-9-14(15)18-13-8-4-6-11-5-2-3-7-12(11)13/h2-10H,1H3. The van der Waals surface area contributed by atoms with Crippen LogP contribution in [-0.2, 0) is 14.6 Å². The summed E-state index contributed by atoms with van der Waals surface area (Å²) in [6.07, 6.45) is 1.91. The van der Waals surface area contributed by atoms with Gasteiger partial charge in [0.2, 0.25) is 0 Å². The van der Waals surface area contributed by atoms with Crippen LogP contribution in [0.5, 0.6) is 5.75 Å². The number of fused-ring (bicyclic) bond motifs is 1. The Morgan fingerprint density at radius 3 is 2.53 bits per heavy atom. The smallest absolute Gasteiger partial charge is 0.336 e. The zero-order chi connectivity index (χ0) is 13.9. The van der Waals surface area contributed by atoms with Gasteiger partial charge >= 0.3 is 5.97 Å². The van der Waals surface area contributed by atoms with Crippen LogP contribution in [0.1, 0.15) is 0 Å². The van der Waals surface area contributed by atoms with Gasteiger partial charge in [-0.1, -0.05) is 36.4 Å². The minimum atomic E-state index is -3.34. The SMILES string of the molecule is CS(=O)(=O)C=CC(=O)Oc1cccc2ccccc12. The molecular weight excluding hydrogens is 264 g/mol. The second-order valence-corrected chi connectivity index (χ2v) is 5.96. The van der Waals surface area contributed by atoms with E-state index in [0.717, 1.165) is 28.5 Å². The molecule has 0 aliphatic rings. The fourth-order valence-electron chi connectivity index (χ4n) is 1.61. The van der Waals surface area contributed by atoms with Gasteiger partial charge in [0.05, 0.1) is 0 Å². The summed E-state index contributed by atoms with van der Waals surface area (Å²) in [5, 5.41) is 2.56. The first-order valence-corrected chi connectivity index (χ1v) is 7.49. The molecule has 0 saturated carbocycles. The van der Waals surface area contributed by atoms with Gasteiger partial charge in [0.25, 0.3) is 0 Å². The van der Waals surface area contributed by atoms with Gasteiger partial charge in [-0.3, -0.25) is 0 Å². The third kappa shape index (κ3) is 3.66. The molecule has 0 fully saturated rings. The van der Waals surface area contributed by atoms with Crippen molar-refractivity contribution in [2.75, 3.05) is 6.26 Å². The molecule has 0 aliphatic carbocycles. The Morgan fingerprint density at radius 1 is 1.11 bits per heavy atom. The molecule has 5 heteroatoms. The quantitative estimate of drug-likeness (QED) is 0.490. The fraction of sp³-hybridized carbons (Fsp3) is 0.0714. The van der Waals surface area contributed by atoms with Crippen molar-refractivity contribution in [1.29, 1.82) is 0 Å². The Kier molecular flexibility index (Phi) is 3.66. The summed E-state index contributed by atoms with van der Waals surface area (Å²) in [5.74, 6) is -0.317. The average molecular weight is 276 g/mol. The highest BCUT2D eigenvalue weighted by Gasteiger charge is 2.06. The topological polar surface area (TPSA) is 60.4 Å². The minimum Gasteiger partial charge on any atom is -0.423 e. The van der Waals surface area contributed by atoms with E-state index in [-0.39, 0.29) is 0 Å². The van der Waals surface area contributed by atoms with Gasteiger partial charge in [0.15, 0.2) is 9.84 Å². The molecule has 98 valence electrons. The Morgan fingerprint density at radius 2 is 1.79 bits per heavy atom. The lowest BCUT2D eigenvalue weighted by atomic mass is 10.1. The Hall–Kier alpha value is -2.14. The number of benzene rings is 2. The highest BCUT2D eigenvalue weighted by Crippen LogP contribution is 2.25. The predicted molar refractivity (Wildman–Crippen MR) is 73.6 cm³/mol. The van der Waals surface area contributed by atoms with Crippen LogP contribution in [-0.4, -0.2) is 20.6 Å². The second-order valence-electron chi connectivity index (χ2n) is 4.03. The van der Waals surface area contributed by atoms with Crippen LogP contribution in [0.15, 0.2) is 53.9 Å². The molecule has 0 N–H and O–H groups in total. The van der Waals surface area contributed by atoms with Crippen LogP contribution in [0.3, 0.4) is 0 Å². The molecule has 0 amide bonds. The highest BCUT2D eigenvalue weighted by atomic mass is 32.2. The summed E-state index contributed by atoms with van der Waals surface area (Å²) in [6.45, 7) is 0.